The summed E-state index contributed by atoms with van der Waals surface area (Å²) >= 11 is 6.18. The summed E-state index contributed by atoms with van der Waals surface area (Å²) in [6.45, 7) is 4.93. The van der Waals surface area contributed by atoms with Gasteiger partial charge in [-0.1, -0.05) is 35.9 Å². The third-order valence-corrected chi connectivity index (χ3v) is 4.28. The summed E-state index contributed by atoms with van der Waals surface area (Å²) in [5.41, 5.74) is 2.36. The van der Waals surface area contributed by atoms with E-state index >= 15 is 0 Å². The minimum absolute atomic E-state index is 0.220. The second-order valence-corrected chi connectivity index (χ2v) is 5.78. The van der Waals surface area contributed by atoms with Crippen molar-refractivity contribution in [2.45, 2.75) is 6.54 Å². The molecule has 0 unspecified atom stereocenters. The van der Waals surface area contributed by atoms with Crippen LogP contribution in [0.15, 0.2) is 48.5 Å². The predicted octanol–water partition coefficient (Wildman–Crippen LogP) is 3.37. The molecule has 0 atom stereocenters. The largest absolute Gasteiger partial charge is 0.508 e. The van der Waals surface area contributed by atoms with Crippen molar-refractivity contribution in [2.75, 3.05) is 31.1 Å². The number of anilines is 1. The summed E-state index contributed by atoms with van der Waals surface area (Å²) in [5, 5.41) is 10.0. The topological polar surface area (TPSA) is 26.7 Å². The molecule has 3 rings (SSSR count). The van der Waals surface area contributed by atoms with Crippen LogP contribution >= 0.6 is 11.6 Å². The highest BCUT2D eigenvalue weighted by Crippen LogP contribution is 2.24. The standard InChI is InChI=1S/C17H19ClN2O/c18-17-12-16(21)7-6-14(17)13-19-8-10-20(11-9-19)15-4-2-1-3-5-15/h1-7,12,21H,8-11,13H2. The Morgan fingerprint density at radius 1 is 0.952 bits per heavy atom. The van der Waals surface area contributed by atoms with Gasteiger partial charge in [-0.2, -0.15) is 0 Å². The number of piperazine rings is 1. The zero-order valence-corrected chi connectivity index (χ0v) is 12.6. The van der Waals surface area contributed by atoms with E-state index in [-0.39, 0.29) is 5.75 Å². The fraction of sp³-hybridized carbons (Fsp3) is 0.294. The van der Waals surface area contributed by atoms with E-state index in [1.807, 2.05) is 12.1 Å². The number of hydrogen-bond acceptors (Lipinski definition) is 3. The summed E-state index contributed by atoms with van der Waals surface area (Å²) in [7, 11) is 0. The van der Waals surface area contributed by atoms with E-state index in [4.69, 9.17) is 11.6 Å². The zero-order chi connectivity index (χ0) is 14.7. The molecular formula is C17H19ClN2O. The quantitative estimate of drug-likeness (QED) is 0.942. The van der Waals surface area contributed by atoms with E-state index < -0.39 is 0 Å². The van der Waals surface area contributed by atoms with Crippen LogP contribution in [0.25, 0.3) is 0 Å². The van der Waals surface area contributed by atoms with Gasteiger partial charge in [0.1, 0.15) is 5.75 Å². The molecular weight excluding hydrogens is 284 g/mol. The van der Waals surface area contributed by atoms with Crippen LogP contribution in [-0.2, 0) is 6.54 Å². The van der Waals surface area contributed by atoms with Gasteiger partial charge < -0.3 is 10.0 Å². The molecule has 1 heterocycles. The average molecular weight is 303 g/mol. The maximum absolute atomic E-state index is 9.40. The lowest BCUT2D eigenvalue weighted by molar-refractivity contribution is 0.250. The first-order valence-electron chi connectivity index (χ1n) is 7.22. The van der Waals surface area contributed by atoms with Crippen LogP contribution in [-0.4, -0.2) is 36.2 Å². The van der Waals surface area contributed by atoms with Gasteiger partial charge >= 0.3 is 0 Å². The maximum Gasteiger partial charge on any atom is 0.117 e. The minimum Gasteiger partial charge on any atom is -0.508 e. The van der Waals surface area contributed by atoms with E-state index in [0.29, 0.717) is 5.02 Å². The van der Waals surface area contributed by atoms with E-state index in [9.17, 15) is 5.11 Å². The molecule has 0 bridgehead atoms. The van der Waals surface area contributed by atoms with Gasteiger partial charge in [0.25, 0.3) is 0 Å². The van der Waals surface area contributed by atoms with E-state index in [2.05, 4.69) is 34.1 Å². The second kappa shape index (κ2) is 6.37. The molecule has 3 nitrogen and oxygen atoms in total. The van der Waals surface area contributed by atoms with Gasteiger partial charge in [0.2, 0.25) is 0 Å². The first-order valence-corrected chi connectivity index (χ1v) is 7.60. The Morgan fingerprint density at radius 3 is 2.33 bits per heavy atom. The molecule has 110 valence electrons. The molecule has 2 aromatic carbocycles. The van der Waals surface area contributed by atoms with Crippen molar-refractivity contribution in [2.24, 2.45) is 0 Å². The van der Waals surface area contributed by atoms with Gasteiger partial charge in [-0.15, -0.1) is 0 Å². The first-order chi connectivity index (χ1) is 10.2. The molecule has 2 aromatic rings. The van der Waals surface area contributed by atoms with E-state index in [1.54, 1.807) is 12.1 Å². The molecule has 1 fully saturated rings. The van der Waals surface area contributed by atoms with Gasteiger partial charge in [-0.25, -0.2) is 0 Å². The van der Waals surface area contributed by atoms with Gasteiger partial charge in [-0.05, 0) is 29.8 Å². The van der Waals surface area contributed by atoms with Crippen LogP contribution < -0.4 is 4.90 Å². The highest BCUT2D eigenvalue weighted by atomic mass is 35.5. The van der Waals surface area contributed by atoms with Crippen molar-refractivity contribution < 1.29 is 5.11 Å². The third-order valence-electron chi connectivity index (χ3n) is 3.92. The van der Waals surface area contributed by atoms with Gasteiger partial charge in [-0.3, -0.25) is 4.90 Å². The number of rotatable bonds is 3. The summed E-state index contributed by atoms with van der Waals surface area (Å²) in [6.07, 6.45) is 0. The summed E-state index contributed by atoms with van der Waals surface area (Å²) in [6, 6.07) is 15.7. The van der Waals surface area contributed by atoms with Gasteiger partial charge in [0.15, 0.2) is 0 Å². The Labute approximate surface area is 130 Å². The van der Waals surface area contributed by atoms with Gasteiger partial charge in [0, 0.05) is 43.4 Å². The summed E-state index contributed by atoms with van der Waals surface area (Å²) < 4.78 is 0. The van der Waals surface area contributed by atoms with Crippen LogP contribution in [0.1, 0.15) is 5.56 Å². The second-order valence-electron chi connectivity index (χ2n) is 5.37. The molecule has 0 spiro atoms. The molecule has 4 heteroatoms. The lowest BCUT2D eigenvalue weighted by Crippen LogP contribution is -2.45. The van der Waals surface area contributed by atoms with Crippen LogP contribution in [0.5, 0.6) is 5.75 Å². The van der Waals surface area contributed by atoms with Crippen LogP contribution in [0.4, 0.5) is 5.69 Å². The highest BCUT2D eigenvalue weighted by molar-refractivity contribution is 6.31. The lowest BCUT2D eigenvalue weighted by atomic mass is 10.1. The third kappa shape index (κ3) is 3.49. The number of benzene rings is 2. The van der Waals surface area contributed by atoms with Crippen LogP contribution in [0.3, 0.4) is 0 Å². The molecule has 0 saturated carbocycles. The number of phenols is 1. The number of halogens is 1. The molecule has 1 aliphatic heterocycles. The molecule has 1 aliphatic rings. The Morgan fingerprint density at radius 2 is 1.67 bits per heavy atom. The lowest BCUT2D eigenvalue weighted by Gasteiger charge is -2.36. The fourth-order valence-electron chi connectivity index (χ4n) is 2.71. The minimum atomic E-state index is 0.220. The predicted molar refractivity (Wildman–Crippen MR) is 87.0 cm³/mol. The Balaban J connectivity index is 1.59. The molecule has 1 N–H and O–H groups in total. The summed E-state index contributed by atoms with van der Waals surface area (Å²) in [5.74, 6) is 0.220. The van der Waals surface area contributed by atoms with Crippen molar-refractivity contribution in [3.8, 4) is 5.75 Å². The Hall–Kier alpha value is -1.71. The average Bonchev–Trinajstić information content (AvgIpc) is 2.52. The van der Waals surface area contributed by atoms with E-state index in [0.717, 1.165) is 38.3 Å². The highest BCUT2D eigenvalue weighted by Gasteiger charge is 2.17. The number of aromatic hydroxyl groups is 1. The van der Waals surface area contributed by atoms with Crippen LogP contribution in [0.2, 0.25) is 5.02 Å². The molecule has 0 aromatic heterocycles. The molecule has 21 heavy (non-hydrogen) atoms. The van der Waals surface area contributed by atoms with Crippen molar-refractivity contribution in [3.63, 3.8) is 0 Å². The number of phenolic OH excluding ortho intramolecular Hbond substituents is 1. The first kappa shape index (κ1) is 14.2. The number of nitrogens with zero attached hydrogens (tertiary/aromatic N) is 2. The molecule has 0 radical (unpaired) electrons. The molecule has 1 saturated heterocycles. The normalized spacial score (nSPS) is 16.1. The smallest absolute Gasteiger partial charge is 0.117 e. The van der Waals surface area contributed by atoms with Crippen molar-refractivity contribution in [3.05, 3.63) is 59.1 Å². The molecule has 0 aliphatic carbocycles. The summed E-state index contributed by atoms with van der Waals surface area (Å²) in [4.78, 5) is 4.81. The fourth-order valence-corrected chi connectivity index (χ4v) is 2.94. The zero-order valence-electron chi connectivity index (χ0n) is 11.9. The number of para-hydroxylation sites is 1. The van der Waals surface area contributed by atoms with Gasteiger partial charge in [0.05, 0.1) is 0 Å². The van der Waals surface area contributed by atoms with Crippen molar-refractivity contribution in [1.29, 1.82) is 0 Å². The Bertz CT molecular complexity index is 595. The monoisotopic (exact) mass is 302 g/mol. The molecule has 0 amide bonds. The van der Waals surface area contributed by atoms with Crippen LogP contribution in [0, 0.1) is 0 Å². The van der Waals surface area contributed by atoms with Crippen molar-refractivity contribution >= 4 is 17.3 Å². The van der Waals surface area contributed by atoms with E-state index in [1.165, 1.54) is 5.69 Å². The SMILES string of the molecule is Oc1ccc(CN2CCN(c3ccccc3)CC2)c(Cl)c1. The van der Waals surface area contributed by atoms with Crippen molar-refractivity contribution in [1.82, 2.24) is 4.90 Å². The maximum atomic E-state index is 9.40. The Kier molecular flexibility index (Phi) is 4.32. The number of hydrogen-bond donors (Lipinski definition) is 1.